The van der Waals surface area contributed by atoms with Gasteiger partial charge in [-0.15, -0.1) is 0 Å². The molecule has 2 aromatic rings. The number of hydrogen-bond acceptors (Lipinski definition) is 9. The summed E-state index contributed by atoms with van der Waals surface area (Å²) in [6.07, 6.45) is -0.866. The van der Waals surface area contributed by atoms with Crippen molar-refractivity contribution in [3.05, 3.63) is 12.7 Å². The van der Waals surface area contributed by atoms with E-state index in [1.165, 1.54) is 17.2 Å². The second-order valence-electron chi connectivity index (χ2n) is 5.05. The molecule has 3 rings (SSSR count). The highest BCUT2D eigenvalue weighted by Gasteiger charge is 2.55. The van der Waals surface area contributed by atoms with Crippen molar-refractivity contribution in [2.24, 2.45) is 0 Å². The standard InChI is InChI=1S/C12H18N6O4/c1-2-17-12(9(21)8(20)6(3-19)22-12)18-5-16-7-10(13)14-4-15-11(7)18/h4-6,8-9,17,19-21H,2-3H2,1H3,(H2,13,14,15)/t6-,8-,9-,12+/m1/s1. The summed E-state index contributed by atoms with van der Waals surface area (Å²) in [4.78, 5) is 12.1. The van der Waals surface area contributed by atoms with Crippen molar-refractivity contribution >= 4 is 17.0 Å². The van der Waals surface area contributed by atoms with Gasteiger partial charge < -0.3 is 25.8 Å². The molecule has 4 atom stereocenters. The third-order valence-corrected chi connectivity index (χ3v) is 3.77. The van der Waals surface area contributed by atoms with E-state index in [0.29, 0.717) is 17.7 Å². The van der Waals surface area contributed by atoms with E-state index in [-0.39, 0.29) is 5.82 Å². The molecule has 6 N–H and O–H groups in total. The first-order chi connectivity index (χ1) is 10.5. The quantitative estimate of drug-likeness (QED) is 0.421. The fraction of sp³-hybridized carbons (Fsp3) is 0.583. The molecule has 1 aliphatic rings. The molecule has 10 heteroatoms. The van der Waals surface area contributed by atoms with E-state index < -0.39 is 30.8 Å². The third-order valence-electron chi connectivity index (χ3n) is 3.77. The lowest BCUT2D eigenvalue weighted by molar-refractivity contribution is -0.167. The number of aliphatic hydroxyl groups is 3. The first kappa shape index (κ1) is 15.1. The van der Waals surface area contributed by atoms with E-state index in [4.69, 9.17) is 10.5 Å². The van der Waals surface area contributed by atoms with Crippen LogP contribution in [0.15, 0.2) is 12.7 Å². The Morgan fingerprint density at radius 1 is 1.41 bits per heavy atom. The van der Waals surface area contributed by atoms with E-state index in [2.05, 4.69) is 20.3 Å². The van der Waals surface area contributed by atoms with E-state index in [1.54, 1.807) is 0 Å². The smallest absolute Gasteiger partial charge is 0.234 e. The molecule has 22 heavy (non-hydrogen) atoms. The summed E-state index contributed by atoms with van der Waals surface area (Å²) in [7, 11) is 0. The maximum Gasteiger partial charge on any atom is 0.234 e. The normalized spacial score (nSPS) is 31.9. The Kier molecular flexibility index (Phi) is 3.70. The van der Waals surface area contributed by atoms with Gasteiger partial charge in [-0.05, 0) is 6.54 Å². The molecule has 0 bridgehead atoms. The van der Waals surface area contributed by atoms with Gasteiger partial charge in [-0.1, -0.05) is 6.92 Å². The van der Waals surface area contributed by atoms with Crippen LogP contribution in [0.3, 0.4) is 0 Å². The lowest BCUT2D eigenvalue weighted by atomic mass is 10.1. The second kappa shape index (κ2) is 5.41. The van der Waals surface area contributed by atoms with Gasteiger partial charge in [-0.2, -0.15) is 0 Å². The number of nitrogens with two attached hydrogens (primary N) is 1. The Labute approximate surface area is 125 Å². The van der Waals surface area contributed by atoms with Crippen LogP contribution in [0.5, 0.6) is 0 Å². The highest BCUT2D eigenvalue weighted by Crippen LogP contribution is 2.35. The van der Waals surface area contributed by atoms with Crippen molar-refractivity contribution in [3.8, 4) is 0 Å². The molecule has 0 aromatic carbocycles. The lowest BCUT2D eigenvalue weighted by Gasteiger charge is -2.34. The summed E-state index contributed by atoms with van der Waals surface area (Å²) in [5.41, 5.74) is 6.47. The molecule has 0 aliphatic carbocycles. The number of imidazole rings is 1. The summed E-state index contributed by atoms with van der Waals surface area (Å²) in [5, 5.41) is 32.9. The summed E-state index contributed by atoms with van der Waals surface area (Å²) in [6.45, 7) is 1.82. The van der Waals surface area contributed by atoms with E-state index in [9.17, 15) is 15.3 Å². The average Bonchev–Trinajstić information content (AvgIpc) is 3.04. The van der Waals surface area contributed by atoms with Crippen molar-refractivity contribution in [2.45, 2.75) is 31.1 Å². The Balaban J connectivity index is 2.17. The fourth-order valence-electron chi connectivity index (χ4n) is 2.73. The molecule has 3 heterocycles. The highest BCUT2D eigenvalue weighted by atomic mass is 16.6. The topological polar surface area (TPSA) is 152 Å². The minimum absolute atomic E-state index is 0.196. The van der Waals surface area contributed by atoms with Crippen LogP contribution < -0.4 is 11.1 Å². The van der Waals surface area contributed by atoms with Gasteiger partial charge in [0.05, 0.1) is 6.61 Å². The Morgan fingerprint density at radius 3 is 2.82 bits per heavy atom. The Hall–Kier alpha value is -1.85. The number of likely N-dealkylation sites (N-methyl/N-ethyl adjacent to an activating group) is 1. The van der Waals surface area contributed by atoms with Crippen LogP contribution in [0, 0.1) is 0 Å². The average molecular weight is 310 g/mol. The highest BCUT2D eigenvalue weighted by molar-refractivity contribution is 5.81. The SMILES string of the molecule is CCN[C@@]1(n2cnc3c(N)ncnc32)O[C@H](CO)[C@@H](O)[C@H]1O. The molecular weight excluding hydrogens is 292 g/mol. The van der Waals surface area contributed by atoms with Gasteiger partial charge in [0.2, 0.25) is 5.85 Å². The molecule has 1 fully saturated rings. The van der Waals surface area contributed by atoms with Crippen molar-refractivity contribution in [1.82, 2.24) is 24.8 Å². The number of hydrogen-bond donors (Lipinski definition) is 5. The van der Waals surface area contributed by atoms with E-state index in [0.717, 1.165) is 0 Å². The predicted molar refractivity (Wildman–Crippen MR) is 75.4 cm³/mol. The molecule has 10 nitrogen and oxygen atoms in total. The van der Waals surface area contributed by atoms with Crippen LogP contribution in [0.1, 0.15) is 6.92 Å². The molecule has 1 saturated heterocycles. The maximum absolute atomic E-state index is 10.5. The molecular formula is C12H18N6O4. The Bertz CT molecular complexity index is 679. The zero-order chi connectivity index (χ0) is 15.9. The van der Waals surface area contributed by atoms with E-state index >= 15 is 0 Å². The monoisotopic (exact) mass is 310 g/mol. The van der Waals surface area contributed by atoms with Gasteiger partial charge in [-0.25, -0.2) is 15.0 Å². The molecule has 0 radical (unpaired) electrons. The number of anilines is 1. The van der Waals surface area contributed by atoms with Gasteiger partial charge in [0.25, 0.3) is 0 Å². The number of fused-ring (bicyclic) bond motifs is 1. The third kappa shape index (κ3) is 1.96. The minimum Gasteiger partial charge on any atom is -0.394 e. The molecule has 0 saturated carbocycles. The molecule has 2 aromatic heterocycles. The summed E-state index contributed by atoms with van der Waals surface area (Å²) in [6, 6.07) is 0. The second-order valence-corrected chi connectivity index (χ2v) is 5.05. The number of nitrogens with one attached hydrogen (secondary N) is 1. The Morgan fingerprint density at radius 2 is 2.18 bits per heavy atom. The fourth-order valence-corrected chi connectivity index (χ4v) is 2.73. The zero-order valence-electron chi connectivity index (χ0n) is 11.9. The number of aliphatic hydroxyl groups excluding tert-OH is 3. The van der Waals surface area contributed by atoms with Crippen LogP contribution in [0.2, 0.25) is 0 Å². The first-order valence-corrected chi connectivity index (χ1v) is 6.89. The number of rotatable bonds is 4. The van der Waals surface area contributed by atoms with Crippen molar-refractivity contribution < 1.29 is 20.1 Å². The maximum atomic E-state index is 10.5. The van der Waals surface area contributed by atoms with Crippen LogP contribution in [0.4, 0.5) is 5.82 Å². The van der Waals surface area contributed by atoms with Crippen LogP contribution in [-0.2, 0) is 10.6 Å². The van der Waals surface area contributed by atoms with Gasteiger partial charge in [0.1, 0.15) is 36.5 Å². The van der Waals surface area contributed by atoms with Gasteiger partial charge in [0, 0.05) is 0 Å². The van der Waals surface area contributed by atoms with Crippen LogP contribution in [-0.4, -0.2) is 66.3 Å². The molecule has 0 amide bonds. The molecule has 120 valence electrons. The van der Waals surface area contributed by atoms with Crippen LogP contribution >= 0.6 is 0 Å². The summed E-state index contributed by atoms with van der Waals surface area (Å²) >= 11 is 0. The minimum atomic E-state index is -1.50. The largest absolute Gasteiger partial charge is 0.394 e. The molecule has 1 aliphatic heterocycles. The van der Waals surface area contributed by atoms with Gasteiger partial charge >= 0.3 is 0 Å². The number of nitrogens with zero attached hydrogens (tertiary/aromatic N) is 4. The number of nitrogen functional groups attached to an aromatic ring is 1. The molecule has 0 unspecified atom stereocenters. The van der Waals surface area contributed by atoms with Crippen molar-refractivity contribution in [3.63, 3.8) is 0 Å². The van der Waals surface area contributed by atoms with Gasteiger partial charge in [-0.3, -0.25) is 9.88 Å². The predicted octanol–water partition coefficient (Wildman–Crippen LogP) is -2.26. The zero-order valence-corrected chi connectivity index (χ0v) is 11.9. The van der Waals surface area contributed by atoms with Crippen LogP contribution in [0.25, 0.3) is 11.2 Å². The summed E-state index contributed by atoms with van der Waals surface area (Å²) in [5.74, 6) is -1.31. The van der Waals surface area contributed by atoms with Crippen molar-refractivity contribution in [1.29, 1.82) is 0 Å². The molecule has 0 spiro atoms. The van der Waals surface area contributed by atoms with Gasteiger partial charge in [0.15, 0.2) is 11.5 Å². The lowest BCUT2D eigenvalue weighted by Crippen LogP contribution is -2.56. The van der Waals surface area contributed by atoms with Crippen molar-refractivity contribution in [2.75, 3.05) is 18.9 Å². The number of aromatic nitrogens is 4. The van der Waals surface area contributed by atoms with E-state index in [1.807, 2.05) is 6.92 Å². The number of ether oxygens (including phenoxy) is 1. The summed E-state index contributed by atoms with van der Waals surface area (Å²) < 4.78 is 7.17. The first-order valence-electron chi connectivity index (χ1n) is 6.89.